The maximum absolute atomic E-state index is 11.0. The number of rotatable bonds is 2. The molecule has 2 rings (SSSR count). The normalized spacial score (nSPS) is 34.8. The van der Waals surface area contributed by atoms with Crippen molar-refractivity contribution in [3.8, 4) is 0 Å². The van der Waals surface area contributed by atoms with Gasteiger partial charge in [-0.3, -0.25) is 4.79 Å². The number of hydrogen-bond donors (Lipinski definition) is 2. The van der Waals surface area contributed by atoms with Crippen LogP contribution in [0.4, 0.5) is 0 Å². The van der Waals surface area contributed by atoms with E-state index in [1.807, 2.05) is 0 Å². The van der Waals surface area contributed by atoms with Crippen molar-refractivity contribution in [2.24, 2.45) is 5.73 Å². The SMILES string of the molecule is NC(=O)C1(C(=O)O)OC12CCCC2. The number of primary amides is 1. The number of carbonyl (C=O) groups is 2. The lowest BCUT2D eigenvalue weighted by molar-refractivity contribution is -0.147. The molecule has 2 fully saturated rings. The average Bonchev–Trinajstić information content (AvgIpc) is 2.43. The summed E-state index contributed by atoms with van der Waals surface area (Å²) < 4.78 is 5.10. The Morgan fingerprint density at radius 1 is 1.31 bits per heavy atom. The molecule has 0 radical (unpaired) electrons. The number of carboxylic acids is 1. The van der Waals surface area contributed by atoms with Crippen molar-refractivity contribution in [2.45, 2.75) is 36.9 Å². The molecular formula is C8H11NO4. The van der Waals surface area contributed by atoms with Gasteiger partial charge in [-0.25, -0.2) is 4.79 Å². The average molecular weight is 185 g/mol. The second-order valence-corrected chi connectivity index (χ2v) is 3.65. The Hall–Kier alpha value is -1.10. The monoisotopic (exact) mass is 185 g/mol. The summed E-state index contributed by atoms with van der Waals surface area (Å²) in [5.41, 5.74) is 2.55. The Morgan fingerprint density at radius 2 is 1.85 bits per heavy atom. The molecule has 72 valence electrons. The highest BCUT2D eigenvalue weighted by Gasteiger charge is 2.79. The van der Waals surface area contributed by atoms with E-state index in [1.165, 1.54) is 0 Å². The van der Waals surface area contributed by atoms with Crippen LogP contribution in [0.2, 0.25) is 0 Å². The van der Waals surface area contributed by atoms with Gasteiger partial charge < -0.3 is 15.6 Å². The predicted molar refractivity (Wildman–Crippen MR) is 41.8 cm³/mol. The molecule has 0 aromatic carbocycles. The van der Waals surface area contributed by atoms with E-state index in [2.05, 4.69) is 0 Å². The number of epoxide rings is 1. The third-order valence-electron chi connectivity index (χ3n) is 3.01. The summed E-state index contributed by atoms with van der Waals surface area (Å²) in [6.45, 7) is 0. The van der Waals surface area contributed by atoms with Crippen molar-refractivity contribution in [1.82, 2.24) is 0 Å². The number of ether oxygens (including phenoxy) is 1. The van der Waals surface area contributed by atoms with Crippen LogP contribution in [0.15, 0.2) is 0 Å². The molecule has 0 aromatic heterocycles. The fourth-order valence-corrected chi connectivity index (χ4v) is 2.29. The molecule has 1 heterocycles. The van der Waals surface area contributed by atoms with E-state index < -0.39 is 23.1 Å². The zero-order valence-electron chi connectivity index (χ0n) is 7.08. The molecule has 1 amide bonds. The predicted octanol–water partition coefficient (Wildman–Crippen LogP) is -0.362. The van der Waals surface area contributed by atoms with Crippen molar-refractivity contribution in [1.29, 1.82) is 0 Å². The number of hydrogen-bond acceptors (Lipinski definition) is 3. The lowest BCUT2D eigenvalue weighted by Gasteiger charge is -2.06. The molecule has 1 saturated carbocycles. The largest absolute Gasteiger partial charge is 0.479 e. The second kappa shape index (κ2) is 2.23. The van der Waals surface area contributed by atoms with Crippen LogP contribution in [0.5, 0.6) is 0 Å². The van der Waals surface area contributed by atoms with E-state index in [9.17, 15) is 9.59 Å². The molecule has 1 saturated heterocycles. The molecule has 3 N–H and O–H groups in total. The number of amides is 1. The highest BCUT2D eigenvalue weighted by Crippen LogP contribution is 2.57. The van der Waals surface area contributed by atoms with E-state index >= 15 is 0 Å². The van der Waals surface area contributed by atoms with E-state index in [1.54, 1.807) is 0 Å². The fourth-order valence-electron chi connectivity index (χ4n) is 2.29. The van der Waals surface area contributed by atoms with Crippen LogP contribution in [0.1, 0.15) is 25.7 Å². The molecule has 1 spiro atoms. The van der Waals surface area contributed by atoms with Gasteiger partial charge in [0, 0.05) is 0 Å². The van der Waals surface area contributed by atoms with Gasteiger partial charge in [0.05, 0.1) is 0 Å². The van der Waals surface area contributed by atoms with Gasteiger partial charge in [0.25, 0.3) is 11.5 Å². The summed E-state index contributed by atoms with van der Waals surface area (Å²) in [7, 11) is 0. The van der Waals surface area contributed by atoms with Gasteiger partial charge in [0.15, 0.2) is 0 Å². The number of carboxylic acid groups (broad SMARTS) is 1. The van der Waals surface area contributed by atoms with E-state index in [0.717, 1.165) is 12.8 Å². The first-order valence-electron chi connectivity index (χ1n) is 4.29. The van der Waals surface area contributed by atoms with Gasteiger partial charge >= 0.3 is 5.97 Å². The van der Waals surface area contributed by atoms with Crippen LogP contribution in [0.25, 0.3) is 0 Å². The first-order chi connectivity index (χ1) is 6.05. The standard InChI is InChI=1S/C8H11NO4/c9-5(10)8(6(11)12)7(13-8)3-1-2-4-7/h1-4H2,(H2,9,10)(H,11,12). The van der Waals surface area contributed by atoms with Crippen LogP contribution < -0.4 is 5.73 Å². The molecule has 1 atom stereocenters. The zero-order chi connectivity index (χ0) is 9.69. The lowest BCUT2D eigenvalue weighted by atomic mass is 9.90. The van der Waals surface area contributed by atoms with E-state index in [-0.39, 0.29) is 0 Å². The zero-order valence-corrected chi connectivity index (χ0v) is 7.08. The third-order valence-corrected chi connectivity index (χ3v) is 3.01. The molecule has 2 aliphatic rings. The van der Waals surface area contributed by atoms with Crippen LogP contribution in [-0.4, -0.2) is 28.2 Å². The minimum atomic E-state index is -1.72. The molecule has 0 aromatic rings. The maximum Gasteiger partial charge on any atom is 0.349 e. The summed E-state index contributed by atoms with van der Waals surface area (Å²) in [6.07, 6.45) is 3.06. The minimum absolute atomic E-state index is 0.627. The number of nitrogens with two attached hydrogens (primary N) is 1. The first kappa shape index (κ1) is 8.50. The van der Waals surface area contributed by atoms with Gasteiger partial charge in [-0.1, -0.05) is 12.8 Å². The van der Waals surface area contributed by atoms with Crippen LogP contribution >= 0.6 is 0 Å². The summed E-state index contributed by atoms with van der Waals surface area (Å²) in [5, 5.41) is 8.87. The quantitative estimate of drug-likeness (QED) is 0.453. The third kappa shape index (κ3) is 0.798. The Labute approximate surface area is 74.9 Å². The van der Waals surface area contributed by atoms with Gasteiger partial charge in [0.1, 0.15) is 5.60 Å². The smallest absolute Gasteiger partial charge is 0.349 e. The van der Waals surface area contributed by atoms with E-state index in [4.69, 9.17) is 15.6 Å². The van der Waals surface area contributed by atoms with Crippen LogP contribution in [0.3, 0.4) is 0 Å². The molecule has 1 aliphatic heterocycles. The number of carbonyl (C=O) groups excluding carboxylic acids is 1. The maximum atomic E-state index is 11.0. The Balaban J connectivity index is 2.31. The highest BCUT2D eigenvalue weighted by molar-refractivity contribution is 6.09. The van der Waals surface area contributed by atoms with Gasteiger partial charge in [-0.15, -0.1) is 0 Å². The first-order valence-corrected chi connectivity index (χ1v) is 4.29. The fraction of sp³-hybridized carbons (Fsp3) is 0.750. The minimum Gasteiger partial charge on any atom is -0.479 e. The molecular weight excluding hydrogens is 174 g/mol. The lowest BCUT2D eigenvalue weighted by Crippen LogP contribution is -2.45. The highest BCUT2D eigenvalue weighted by atomic mass is 16.7. The topological polar surface area (TPSA) is 92.9 Å². The Kier molecular flexibility index (Phi) is 1.46. The molecule has 1 unspecified atom stereocenters. The van der Waals surface area contributed by atoms with Crippen molar-refractivity contribution < 1.29 is 19.4 Å². The van der Waals surface area contributed by atoms with E-state index in [0.29, 0.717) is 12.8 Å². The summed E-state index contributed by atoms with van der Waals surface area (Å²) in [6, 6.07) is 0. The molecule has 5 heteroatoms. The van der Waals surface area contributed by atoms with Gasteiger partial charge in [-0.2, -0.15) is 0 Å². The van der Waals surface area contributed by atoms with Crippen molar-refractivity contribution in [3.05, 3.63) is 0 Å². The summed E-state index contributed by atoms with van der Waals surface area (Å²) >= 11 is 0. The molecule has 13 heavy (non-hydrogen) atoms. The van der Waals surface area contributed by atoms with Crippen molar-refractivity contribution in [3.63, 3.8) is 0 Å². The molecule has 0 bridgehead atoms. The second-order valence-electron chi connectivity index (χ2n) is 3.65. The van der Waals surface area contributed by atoms with Crippen LogP contribution in [-0.2, 0) is 14.3 Å². The Bertz CT molecular complexity index is 266. The molecule has 5 nitrogen and oxygen atoms in total. The van der Waals surface area contributed by atoms with Crippen molar-refractivity contribution >= 4 is 11.9 Å². The van der Waals surface area contributed by atoms with Gasteiger partial charge in [0.2, 0.25) is 0 Å². The van der Waals surface area contributed by atoms with Crippen molar-refractivity contribution in [2.75, 3.05) is 0 Å². The van der Waals surface area contributed by atoms with Gasteiger partial charge in [-0.05, 0) is 12.8 Å². The summed E-state index contributed by atoms with van der Waals surface area (Å²) in [5.74, 6) is -2.12. The molecule has 1 aliphatic carbocycles. The van der Waals surface area contributed by atoms with Crippen LogP contribution in [0, 0.1) is 0 Å². The number of aliphatic carboxylic acids is 1. The summed E-state index contributed by atoms with van der Waals surface area (Å²) in [4.78, 5) is 21.9. The Morgan fingerprint density at radius 3 is 2.15 bits per heavy atom.